The lowest BCUT2D eigenvalue weighted by Crippen LogP contribution is -2.43. The molecule has 5 rings (SSSR count). The van der Waals surface area contributed by atoms with Crippen LogP contribution in [0, 0.1) is 0 Å². The number of morpholine rings is 2. The third kappa shape index (κ3) is 3.89. The Morgan fingerprint density at radius 1 is 1.00 bits per heavy atom. The Balaban J connectivity index is 1.47. The number of benzene rings is 1. The van der Waals surface area contributed by atoms with Crippen LogP contribution in [0.15, 0.2) is 42.6 Å². The van der Waals surface area contributed by atoms with Crippen molar-refractivity contribution in [1.29, 1.82) is 0 Å². The molecule has 2 fully saturated rings. The first-order valence-electron chi connectivity index (χ1n) is 10.4. The van der Waals surface area contributed by atoms with Gasteiger partial charge >= 0.3 is 0 Å². The molecule has 0 aliphatic carbocycles. The van der Waals surface area contributed by atoms with Gasteiger partial charge in [0.2, 0.25) is 0 Å². The minimum absolute atomic E-state index is 0.0376. The monoisotopic (exact) mass is 421 g/mol. The Morgan fingerprint density at radius 3 is 2.61 bits per heavy atom. The number of nitrogens with zero attached hydrogens (tertiary/aromatic N) is 4. The number of amides is 2. The average Bonchev–Trinajstić information content (AvgIpc) is 3.38. The molecule has 2 saturated heterocycles. The summed E-state index contributed by atoms with van der Waals surface area (Å²) in [5, 5.41) is 7.38. The van der Waals surface area contributed by atoms with Crippen molar-refractivity contribution in [3.05, 3.63) is 59.5 Å². The molecule has 2 aromatic heterocycles. The summed E-state index contributed by atoms with van der Waals surface area (Å²) in [4.78, 5) is 34.3. The van der Waals surface area contributed by atoms with Crippen LogP contribution < -0.4 is 0 Å². The maximum atomic E-state index is 13.3. The van der Waals surface area contributed by atoms with Gasteiger partial charge < -0.3 is 19.3 Å². The Morgan fingerprint density at radius 2 is 1.81 bits per heavy atom. The van der Waals surface area contributed by atoms with Gasteiger partial charge in [-0.1, -0.05) is 18.2 Å². The molecule has 1 N–H and O–H groups in total. The lowest BCUT2D eigenvalue weighted by molar-refractivity contribution is -0.0248. The minimum Gasteiger partial charge on any atom is -0.378 e. The van der Waals surface area contributed by atoms with Crippen LogP contribution in [-0.4, -0.2) is 82.8 Å². The van der Waals surface area contributed by atoms with E-state index in [1.165, 1.54) is 0 Å². The molecule has 9 nitrogen and oxygen atoms in total. The third-order valence-corrected chi connectivity index (χ3v) is 5.68. The van der Waals surface area contributed by atoms with Crippen LogP contribution >= 0.6 is 0 Å². The quantitative estimate of drug-likeness (QED) is 0.690. The molecule has 2 amide bonds. The van der Waals surface area contributed by atoms with Crippen LogP contribution in [0.5, 0.6) is 0 Å². The SMILES string of the molecule is O=C(c1ccn[nH]1)N1CCO[C@H](c2cc(C(=O)N3CCOCC3)c3ccccc3n2)C1. The molecule has 160 valence electrons. The number of nitrogens with one attached hydrogen (secondary N) is 1. The second-order valence-electron chi connectivity index (χ2n) is 7.60. The van der Waals surface area contributed by atoms with Crippen LogP contribution in [0.4, 0.5) is 0 Å². The zero-order chi connectivity index (χ0) is 21.2. The number of aromatic nitrogens is 3. The first-order valence-corrected chi connectivity index (χ1v) is 10.4. The lowest BCUT2D eigenvalue weighted by atomic mass is 10.0. The highest BCUT2D eigenvalue weighted by atomic mass is 16.5. The molecule has 0 spiro atoms. The summed E-state index contributed by atoms with van der Waals surface area (Å²) in [6, 6.07) is 11.1. The van der Waals surface area contributed by atoms with Gasteiger partial charge in [0, 0.05) is 31.2 Å². The van der Waals surface area contributed by atoms with Gasteiger partial charge in [-0.3, -0.25) is 14.7 Å². The van der Waals surface area contributed by atoms with Gasteiger partial charge in [-0.05, 0) is 18.2 Å². The van der Waals surface area contributed by atoms with E-state index in [2.05, 4.69) is 10.2 Å². The zero-order valence-electron chi connectivity index (χ0n) is 17.0. The third-order valence-electron chi connectivity index (χ3n) is 5.68. The van der Waals surface area contributed by atoms with E-state index in [4.69, 9.17) is 14.5 Å². The molecule has 2 aliphatic heterocycles. The van der Waals surface area contributed by atoms with Gasteiger partial charge in [-0.25, -0.2) is 4.98 Å². The number of pyridine rings is 1. The van der Waals surface area contributed by atoms with E-state index in [1.54, 1.807) is 17.2 Å². The molecule has 31 heavy (non-hydrogen) atoms. The predicted octanol–water partition coefficient (Wildman–Crippen LogP) is 1.64. The van der Waals surface area contributed by atoms with E-state index in [-0.39, 0.29) is 11.8 Å². The van der Waals surface area contributed by atoms with Gasteiger partial charge in [0.25, 0.3) is 11.8 Å². The van der Waals surface area contributed by atoms with E-state index < -0.39 is 6.10 Å². The number of carbonyl (C=O) groups is 2. The Hall–Kier alpha value is -3.30. The van der Waals surface area contributed by atoms with Crippen molar-refractivity contribution in [3.63, 3.8) is 0 Å². The standard InChI is InChI=1S/C22H23N5O4/c28-21(26-7-10-30-11-8-26)16-13-19(24-17-4-2-1-3-15(16)17)20-14-27(9-12-31-20)22(29)18-5-6-23-25-18/h1-6,13,20H,7-12,14H2,(H,23,25)/t20-/m0/s1. The molecule has 0 bridgehead atoms. The van der Waals surface area contributed by atoms with Crippen molar-refractivity contribution < 1.29 is 19.1 Å². The lowest BCUT2D eigenvalue weighted by Gasteiger charge is -2.33. The maximum Gasteiger partial charge on any atom is 0.272 e. The molecular formula is C22H23N5O4. The normalized spacial score (nSPS) is 19.5. The smallest absolute Gasteiger partial charge is 0.272 e. The van der Waals surface area contributed by atoms with Crippen molar-refractivity contribution >= 4 is 22.7 Å². The molecule has 0 radical (unpaired) electrons. The molecule has 9 heteroatoms. The van der Waals surface area contributed by atoms with Gasteiger partial charge in [-0.2, -0.15) is 5.10 Å². The Kier molecular flexibility index (Phi) is 5.35. The Labute approximate surface area is 178 Å². The highest BCUT2D eigenvalue weighted by Gasteiger charge is 2.29. The summed E-state index contributed by atoms with van der Waals surface area (Å²) in [5.41, 5.74) is 2.42. The fourth-order valence-corrected chi connectivity index (χ4v) is 4.03. The number of para-hydroxylation sites is 1. The number of hydrogen-bond donors (Lipinski definition) is 1. The van der Waals surface area contributed by atoms with Crippen molar-refractivity contribution in [3.8, 4) is 0 Å². The van der Waals surface area contributed by atoms with Crippen molar-refractivity contribution in [2.24, 2.45) is 0 Å². The Bertz CT molecular complexity index is 1090. The summed E-state index contributed by atoms with van der Waals surface area (Å²) in [7, 11) is 0. The number of aromatic amines is 1. The van der Waals surface area contributed by atoms with Gasteiger partial charge in [0.1, 0.15) is 11.8 Å². The average molecular weight is 421 g/mol. The fourth-order valence-electron chi connectivity index (χ4n) is 4.03. The minimum atomic E-state index is -0.415. The van der Waals surface area contributed by atoms with Crippen molar-refractivity contribution in [1.82, 2.24) is 25.0 Å². The number of rotatable bonds is 3. The van der Waals surface area contributed by atoms with Crippen molar-refractivity contribution in [2.75, 3.05) is 46.0 Å². The summed E-state index contributed by atoms with van der Waals surface area (Å²) in [6.07, 6.45) is 1.14. The highest BCUT2D eigenvalue weighted by Crippen LogP contribution is 2.27. The largest absolute Gasteiger partial charge is 0.378 e. The first kappa shape index (κ1) is 19.7. The topological polar surface area (TPSA) is 101 Å². The number of carbonyl (C=O) groups excluding carboxylic acids is 2. The molecule has 0 saturated carbocycles. The van der Waals surface area contributed by atoms with E-state index in [0.29, 0.717) is 63.0 Å². The molecule has 2 aliphatic rings. The molecule has 3 aromatic rings. The van der Waals surface area contributed by atoms with Gasteiger partial charge in [0.15, 0.2) is 0 Å². The van der Waals surface area contributed by atoms with Crippen LogP contribution in [0.2, 0.25) is 0 Å². The number of hydrogen-bond acceptors (Lipinski definition) is 6. The zero-order valence-corrected chi connectivity index (χ0v) is 17.0. The number of fused-ring (bicyclic) bond motifs is 1. The van der Waals surface area contributed by atoms with Crippen LogP contribution in [0.3, 0.4) is 0 Å². The first-order chi connectivity index (χ1) is 15.2. The predicted molar refractivity (Wildman–Crippen MR) is 112 cm³/mol. The van der Waals surface area contributed by atoms with Gasteiger partial charge in [-0.15, -0.1) is 0 Å². The summed E-state index contributed by atoms with van der Waals surface area (Å²) < 4.78 is 11.4. The van der Waals surface area contributed by atoms with Gasteiger partial charge in [0.05, 0.1) is 43.1 Å². The summed E-state index contributed by atoms with van der Waals surface area (Å²) in [5.74, 6) is -0.166. The fraction of sp³-hybridized carbons (Fsp3) is 0.364. The van der Waals surface area contributed by atoms with E-state index in [0.717, 1.165) is 10.9 Å². The molecule has 1 aromatic carbocycles. The molecule has 0 unspecified atom stereocenters. The van der Waals surface area contributed by atoms with Crippen molar-refractivity contribution in [2.45, 2.75) is 6.10 Å². The molecule has 1 atom stereocenters. The second kappa shape index (κ2) is 8.44. The van der Waals surface area contributed by atoms with Crippen LogP contribution in [0.1, 0.15) is 32.6 Å². The van der Waals surface area contributed by atoms with Crippen LogP contribution in [-0.2, 0) is 9.47 Å². The molecule has 4 heterocycles. The van der Waals surface area contributed by atoms with E-state index in [1.807, 2.05) is 35.2 Å². The number of H-pyrrole nitrogens is 1. The van der Waals surface area contributed by atoms with Crippen LogP contribution in [0.25, 0.3) is 10.9 Å². The molecular weight excluding hydrogens is 398 g/mol. The number of ether oxygens (including phenoxy) is 2. The summed E-state index contributed by atoms with van der Waals surface area (Å²) in [6.45, 7) is 3.45. The maximum absolute atomic E-state index is 13.3. The summed E-state index contributed by atoms with van der Waals surface area (Å²) >= 11 is 0. The van der Waals surface area contributed by atoms with E-state index in [9.17, 15) is 9.59 Å². The second-order valence-corrected chi connectivity index (χ2v) is 7.60. The highest BCUT2D eigenvalue weighted by molar-refractivity contribution is 6.06. The van der Waals surface area contributed by atoms with E-state index >= 15 is 0 Å².